The van der Waals surface area contributed by atoms with Gasteiger partial charge in [-0.05, 0) is 13.0 Å². The Balaban J connectivity index is 2.34. The first-order valence-electron chi connectivity index (χ1n) is 5.60. The first-order valence-corrected chi connectivity index (χ1v) is 5.98. The summed E-state index contributed by atoms with van der Waals surface area (Å²) < 4.78 is 4.89. The molecule has 0 aliphatic rings. The van der Waals surface area contributed by atoms with Gasteiger partial charge in [0.15, 0.2) is 0 Å². The molecule has 3 nitrogen and oxygen atoms in total. The van der Waals surface area contributed by atoms with Crippen molar-refractivity contribution in [3.05, 3.63) is 53.2 Å². The van der Waals surface area contributed by atoms with E-state index in [4.69, 9.17) is 16.3 Å². The lowest BCUT2D eigenvalue weighted by Crippen LogP contribution is -2.06. The van der Waals surface area contributed by atoms with Crippen LogP contribution in [0.2, 0.25) is 5.02 Å². The van der Waals surface area contributed by atoms with Crippen LogP contribution in [-0.4, -0.2) is 17.6 Å². The molecule has 0 saturated heterocycles. The van der Waals surface area contributed by atoms with Crippen LogP contribution in [0, 0.1) is 0 Å². The summed E-state index contributed by atoms with van der Waals surface area (Å²) in [6, 6.07) is 11.3. The van der Waals surface area contributed by atoms with Crippen LogP contribution in [-0.2, 0) is 4.74 Å². The summed E-state index contributed by atoms with van der Waals surface area (Å²) in [6.07, 6.45) is 1.45. The zero-order valence-corrected chi connectivity index (χ0v) is 10.6. The zero-order chi connectivity index (χ0) is 13.0. The van der Waals surface area contributed by atoms with Gasteiger partial charge in [-0.15, -0.1) is 0 Å². The van der Waals surface area contributed by atoms with Gasteiger partial charge in [0.1, 0.15) is 0 Å². The topological polar surface area (TPSA) is 39.2 Å². The zero-order valence-electron chi connectivity index (χ0n) is 9.89. The van der Waals surface area contributed by atoms with Crippen LogP contribution in [0.4, 0.5) is 0 Å². The third-order valence-electron chi connectivity index (χ3n) is 2.42. The van der Waals surface area contributed by atoms with Crippen molar-refractivity contribution < 1.29 is 9.53 Å². The van der Waals surface area contributed by atoms with Gasteiger partial charge >= 0.3 is 5.97 Å². The minimum Gasteiger partial charge on any atom is -0.462 e. The van der Waals surface area contributed by atoms with E-state index < -0.39 is 5.97 Å². The third-order valence-corrected chi connectivity index (χ3v) is 2.73. The number of rotatable bonds is 3. The summed E-state index contributed by atoms with van der Waals surface area (Å²) in [5.74, 6) is -0.449. The van der Waals surface area contributed by atoms with Crippen LogP contribution in [0.1, 0.15) is 17.3 Å². The van der Waals surface area contributed by atoms with Crippen LogP contribution in [0.15, 0.2) is 42.6 Å². The number of ether oxygens (including phenoxy) is 1. The Hall–Kier alpha value is -1.87. The average Bonchev–Trinajstić information content (AvgIpc) is 2.40. The predicted molar refractivity (Wildman–Crippen MR) is 70.6 cm³/mol. The summed E-state index contributed by atoms with van der Waals surface area (Å²) in [7, 11) is 0. The van der Waals surface area contributed by atoms with Gasteiger partial charge in [0.25, 0.3) is 0 Å². The Morgan fingerprint density at radius 3 is 2.67 bits per heavy atom. The van der Waals surface area contributed by atoms with E-state index in [9.17, 15) is 4.79 Å². The Morgan fingerprint density at radius 2 is 2.06 bits per heavy atom. The molecule has 0 radical (unpaired) electrons. The lowest BCUT2D eigenvalue weighted by molar-refractivity contribution is 0.0526. The quantitative estimate of drug-likeness (QED) is 0.793. The fourth-order valence-corrected chi connectivity index (χ4v) is 1.79. The smallest absolute Gasteiger partial charge is 0.341 e. The van der Waals surface area contributed by atoms with Crippen molar-refractivity contribution in [2.45, 2.75) is 6.92 Å². The molecule has 2 rings (SSSR count). The van der Waals surface area contributed by atoms with Gasteiger partial charge in [0.2, 0.25) is 0 Å². The molecule has 1 heterocycles. The van der Waals surface area contributed by atoms with Crippen LogP contribution in [0.3, 0.4) is 0 Å². The Morgan fingerprint density at radius 1 is 1.33 bits per heavy atom. The summed E-state index contributed by atoms with van der Waals surface area (Å²) >= 11 is 6.07. The lowest BCUT2D eigenvalue weighted by atomic mass is 10.1. The van der Waals surface area contributed by atoms with Gasteiger partial charge < -0.3 is 4.74 Å². The molecule has 0 aliphatic carbocycles. The molecule has 0 aliphatic heterocycles. The van der Waals surface area contributed by atoms with E-state index in [0.29, 0.717) is 11.6 Å². The van der Waals surface area contributed by atoms with Crippen LogP contribution in [0.25, 0.3) is 11.3 Å². The maximum atomic E-state index is 11.6. The maximum absolute atomic E-state index is 11.6. The fraction of sp³-hybridized carbons (Fsp3) is 0.143. The second-order valence-corrected chi connectivity index (χ2v) is 4.04. The van der Waals surface area contributed by atoms with Gasteiger partial charge in [-0.3, -0.25) is 4.98 Å². The van der Waals surface area contributed by atoms with Crippen molar-refractivity contribution in [1.29, 1.82) is 0 Å². The number of pyridine rings is 1. The summed E-state index contributed by atoms with van der Waals surface area (Å²) in [5.41, 5.74) is 1.97. The van der Waals surface area contributed by atoms with Gasteiger partial charge in [0, 0.05) is 11.8 Å². The molecule has 92 valence electrons. The van der Waals surface area contributed by atoms with Crippen molar-refractivity contribution in [1.82, 2.24) is 4.98 Å². The van der Waals surface area contributed by atoms with Crippen molar-refractivity contribution in [2.24, 2.45) is 0 Å². The van der Waals surface area contributed by atoms with Gasteiger partial charge in [0.05, 0.1) is 22.9 Å². The highest BCUT2D eigenvalue weighted by Crippen LogP contribution is 2.23. The fourth-order valence-electron chi connectivity index (χ4n) is 1.56. The Bertz CT molecular complexity index is 555. The van der Waals surface area contributed by atoms with E-state index in [1.165, 1.54) is 6.20 Å². The molecule has 18 heavy (non-hydrogen) atoms. The van der Waals surface area contributed by atoms with E-state index in [2.05, 4.69) is 4.98 Å². The van der Waals surface area contributed by atoms with E-state index in [0.717, 1.165) is 11.3 Å². The van der Waals surface area contributed by atoms with Crippen LogP contribution >= 0.6 is 11.6 Å². The van der Waals surface area contributed by atoms with Crippen molar-refractivity contribution >= 4 is 17.6 Å². The number of hydrogen-bond donors (Lipinski definition) is 0. The molecule has 0 N–H and O–H groups in total. The van der Waals surface area contributed by atoms with Crippen molar-refractivity contribution in [3.63, 3.8) is 0 Å². The minimum atomic E-state index is -0.449. The largest absolute Gasteiger partial charge is 0.462 e. The molecule has 4 heteroatoms. The number of esters is 1. The second-order valence-electron chi connectivity index (χ2n) is 3.64. The molecule has 2 aromatic rings. The first kappa shape index (κ1) is 12.6. The number of hydrogen-bond acceptors (Lipinski definition) is 3. The number of aromatic nitrogens is 1. The molecule has 0 bridgehead atoms. The number of benzene rings is 1. The molecule has 0 spiro atoms. The summed E-state index contributed by atoms with van der Waals surface area (Å²) in [5, 5.41) is 0.349. The number of carbonyl (C=O) groups excluding carboxylic acids is 1. The molecule has 1 aromatic carbocycles. The number of carbonyl (C=O) groups is 1. The van der Waals surface area contributed by atoms with E-state index >= 15 is 0 Å². The van der Waals surface area contributed by atoms with Crippen LogP contribution < -0.4 is 0 Å². The normalized spacial score (nSPS) is 10.1. The molecule has 0 atom stereocenters. The molecule has 1 aromatic heterocycles. The van der Waals surface area contributed by atoms with E-state index in [-0.39, 0.29) is 5.56 Å². The first-order chi connectivity index (χ1) is 8.72. The van der Waals surface area contributed by atoms with Crippen LogP contribution in [0.5, 0.6) is 0 Å². The van der Waals surface area contributed by atoms with Gasteiger partial charge in [-0.1, -0.05) is 41.9 Å². The molecule has 0 unspecified atom stereocenters. The highest BCUT2D eigenvalue weighted by Gasteiger charge is 2.13. The van der Waals surface area contributed by atoms with Gasteiger partial charge in [-0.25, -0.2) is 4.79 Å². The average molecular weight is 262 g/mol. The molecular weight excluding hydrogens is 250 g/mol. The molecule has 0 saturated carbocycles. The summed E-state index contributed by atoms with van der Waals surface area (Å²) in [6.45, 7) is 2.06. The number of halogens is 1. The molecule has 0 amide bonds. The minimum absolute atomic E-state index is 0.290. The lowest BCUT2D eigenvalue weighted by Gasteiger charge is -2.06. The molecular formula is C14H12ClNO2. The van der Waals surface area contributed by atoms with E-state index in [1.807, 2.05) is 30.3 Å². The maximum Gasteiger partial charge on any atom is 0.341 e. The highest BCUT2D eigenvalue weighted by molar-refractivity contribution is 6.33. The monoisotopic (exact) mass is 261 g/mol. The summed E-state index contributed by atoms with van der Waals surface area (Å²) in [4.78, 5) is 15.8. The highest BCUT2D eigenvalue weighted by atomic mass is 35.5. The Kier molecular flexibility index (Phi) is 3.95. The SMILES string of the molecule is CCOC(=O)c1cnc(-c2ccccc2)cc1Cl. The van der Waals surface area contributed by atoms with Gasteiger partial charge in [-0.2, -0.15) is 0 Å². The molecule has 0 fully saturated rings. The number of nitrogens with zero attached hydrogens (tertiary/aromatic N) is 1. The predicted octanol–water partition coefficient (Wildman–Crippen LogP) is 3.58. The van der Waals surface area contributed by atoms with Crippen molar-refractivity contribution in [2.75, 3.05) is 6.61 Å². The third kappa shape index (κ3) is 2.68. The standard InChI is InChI=1S/C14H12ClNO2/c1-2-18-14(17)11-9-16-13(8-12(11)15)10-6-4-3-5-7-10/h3-9H,2H2,1H3. The Labute approximate surface area is 110 Å². The van der Waals surface area contributed by atoms with E-state index in [1.54, 1.807) is 13.0 Å². The van der Waals surface area contributed by atoms with Crippen molar-refractivity contribution in [3.8, 4) is 11.3 Å². The second kappa shape index (κ2) is 5.65.